The highest BCUT2D eigenvalue weighted by atomic mass is 16.7. The van der Waals surface area contributed by atoms with Gasteiger partial charge in [-0.3, -0.25) is 0 Å². The smallest absolute Gasteiger partial charge is 0.341 e. The molecular formula is C21H22N2O4. The standard InChI is InChI=1S/C20H18N2O4.CH4/c1-3-25-20(23)17-9-8-15(10-19(17)26-13-24-2)22-12-14(11-21)16-6-4-5-7-18(16)22;/h4-10,12H,3,13H2,1-2H3;1H4. The average molecular weight is 366 g/mol. The summed E-state index contributed by atoms with van der Waals surface area (Å²) in [6.07, 6.45) is 1.77. The van der Waals surface area contributed by atoms with Crippen molar-refractivity contribution in [2.75, 3.05) is 20.5 Å². The summed E-state index contributed by atoms with van der Waals surface area (Å²) in [7, 11) is 1.51. The van der Waals surface area contributed by atoms with Gasteiger partial charge in [0.25, 0.3) is 0 Å². The Hall–Kier alpha value is -3.30. The fourth-order valence-electron chi connectivity index (χ4n) is 2.76. The zero-order valence-corrected chi connectivity index (χ0v) is 14.6. The fourth-order valence-corrected chi connectivity index (χ4v) is 2.76. The Labute approximate surface area is 158 Å². The number of ether oxygens (including phenoxy) is 3. The van der Waals surface area contributed by atoms with Gasteiger partial charge in [0.2, 0.25) is 0 Å². The van der Waals surface area contributed by atoms with Gasteiger partial charge in [-0.1, -0.05) is 25.6 Å². The Balaban J connectivity index is 0.00000261. The molecule has 0 saturated heterocycles. The van der Waals surface area contributed by atoms with Crippen molar-refractivity contribution in [3.63, 3.8) is 0 Å². The summed E-state index contributed by atoms with van der Waals surface area (Å²) in [6.45, 7) is 2.03. The maximum absolute atomic E-state index is 12.1. The second-order valence-corrected chi connectivity index (χ2v) is 5.49. The number of aromatic nitrogens is 1. The lowest BCUT2D eigenvalue weighted by Gasteiger charge is -2.13. The molecule has 0 N–H and O–H groups in total. The zero-order chi connectivity index (χ0) is 18.5. The largest absolute Gasteiger partial charge is 0.467 e. The van der Waals surface area contributed by atoms with Gasteiger partial charge in [0.15, 0.2) is 6.79 Å². The zero-order valence-electron chi connectivity index (χ0n) is 14.6. The Morgan fingerprint density at radius 2 is 2.00 bits per heavy atom. The van der Waals surface area contributed by atoms with Crippen LogP contribution in [-0.4, -0.2) is 31.0 Å². The van der Waals surface area contributed by atoms with Crippen LogP contribution in [0.4, 0.5) is 0 Å². The molecule has 3 aromatic rings. The van der Waals surface area contributed by atoms with E-state index < -0.39 is 5.97 Å². The normalized spacial score (nSPS) is 10.1. The van der Waals surface area contributed by atoms with Crippen molar-refractivity contribution in [2.24, 2.45) is 0 Å². The van der Waals surface area contributed by atoms with Crippen LogP contribution in [0.5, 0.6) is 5.75 Å². The van der Waals surface area contributed by atoms with E-state index in [1.54, 1.807) is 31.3 Å². The third-order valence-electron chi connectivity index (χ3n) is 3.90. The average Bonchev–Trinajstić information content (AvgIpc) is 3.05. The molecule has 1 heterocycles. The Morgan fingerprint density at radius 1 is 1.22 bits per heavy atom. The van der Waals surface area contributed by atoms with E-state index in [-0.39, 0.29) is 20.8 Å². The van der Waals surface area contributed by atoms with Crippen LogP contribution in [0.15, 0.2) is 48.7 Å². The Morgan fingerprint density at radius 3 is 2.70 bits per heavy atom. The maximum atomic E-state index is 12.1. The summed E-state index contributed by atoms with van der Waals surface area (Å²) in [5, 5.41) is 10.2. The molecule has 0 fully saturated rings. The number of para-hydroxylation sites is 1. The molecule has 0 aliphatic heterocycles. The van der Waals surface area contributed by atoms with E-state index in [1.807, 2.05) is 28.8 Å². The van der Waals surface area contributed by atoms with Crippen LogP contribution in [0.3, 0.4) is 0 Å². The third-order valence-corrected chi connectivity index (χ3v) is 3.90. The SMILES string of the molecule is C.CCOC(=O)c1ccc(-n2cc(C#N)c3ccccc32)cc1OCOC. The molecule has 0 unspecified atom stereocenters. The van der Waals surface area contributed by atoms with Gasteiger partial charge in [-0.05, 0) is 25.1 Å². The van der Waals surface area contributed by atoms with Crippen LogP contribution in [0.25, 0.3) is 16.6 Å². The van der Waals surface area contributed by atoms with Gasteiger partial charge < -0.3 is 18.8 Å². The molecule has 0 spiro atoms. The number of methoxy groups -OCH3 is 1. The van der Waals surface area contributed by atoms with E-state index in [2.05, 4.69) is 6.07 Å². The van der Waals surface area contributed by atoms with Gasteiger partial charge in [-0.2, -0.15) is 5.26 Å². The first-order valence-electron chi connectivity index (χ1n) is 8.13. The monoisotopic (exact) mass is 366 g/mol. The lowest BCUT2D eigenvalue weighted by Crippen LogP contribution is -2.10. The van der Waals surface area contributed by atoms with Crippen molar-refractivity contribution >= 4 is 16.9 Å². The summed E-state index contributed by atoms with van der Waals surface area (Å²) in [5.41, 5.74) is 2.56. The topological polar surface area (TPSA) is 73.5 Å². The van der Waals surface area contributed by atoms with Crippen LogP contribution >= 0.6 is 0 Å². The van der Waals surface area contributed by atoms with Crippen molar-refractivity contribution < 1.29 is 19.0 Å². The first-order valence-corrected chi connectivity index (χ1v) is 8.13. The molecule has 0 atom stereocenters. The van der Waals surface area contributed by atoms with Crippen molar-refractivity contribution in [3.8, 4) is 17.5 Å². The molecule has 6 nitrogen and oxygen atoms in total. The van der Waals surface area contributed by atoms with E-state index in [0.717, 1.165) is 16.6 Å². The molecule has 2 aromatic carbocycles. The van der Waals surface area contributed by atoms with Crippen molar-refractivity contribution in [1.29, 1.82) is 5.26 Å². The van der Waals surface area contributed by atoms with Crippen LogP contribution in [0.2, 0.25) is 0 Å². The van der Waals surface area contributed by atoms with Crippen LogP contribution in [-0.2, 0) is 9.47 Å². The minimum absolute atomic E-state index is 0. The van der Waals surface area contributed by atoms with Gasteiger partial charge >= 0.3 is 5.97 Å². The molecule has 0 saturated carbocycles. The van der Waals surface area contributed by atoms with E-state index >= 15 is 0 Å². The van der Waals surface area contributed by atoms with Crippen LogP contribution < -0.4 is 4.74 Å². The number of hydrogen-bond acceptors (Lipinski definition) is 5. The molecule has 6 heteroatoms. The first kappa shape index (κ1) is 20.0. The summed E-state index contributed by atoms with van der Waals surface area (Å²) in [5.74, 6) is -0.0979. The predicted octanol–water partition coefficient (Wildman–Crippen LogP) is 4.30. The summed E-state index contributed by atoms with van der Waals surface area (Å²) in [4.78, 5) is 12.1. The quantitative estimate of drug-likeness (QED) is 0.480. The van der Waals surface area contributed by atoms with Crippen molar-refractivity contribution in [2.45, 2.75) is 14.4 Å². The highest BCUT2D eigenvalue weighted by Crippen LogP contribution is 2.28. The molecule has 27 heavy (non-hydrogen) atoms. The molecule has 0 aliphatic carbocycles. The lowest BCUT2D eigenvalue weighted by atomic mass is 10.1. The first-order chi connectivity index (χ1) is 12.7. The van der Waals surface area contributed by atoms with E-state index in [1.165, 1.54) is 7.11 Å². The third kappa shape index (κ3) is 3.94. The fraction of sp³-hybridized carbons (Fsp3) is 0.238. The molecule has 3 rings (SSSR count). The highest BCUT2D eigenvalue weighted by molar-refractivity contribution is 5.93. The lowest BCUT2D eigenvalue weighted by molar-refractivity contribution is 0.0438. The van der Waals surface area contributed by atoms with E-state index in [9.17, 15) is 10.1 Å². The number of fused-ring (bicyclic) bond motifs is 1. The molecule has 0 amide bonds. The maximum Gasteiger partial charge on any atom is 0.341 e. The van der Waals surface area contributed by atoms with Crippen LogP contribution in [0.1, 0.15) is 30.3 Å². The summed E-state index contributed by atoms with van der Waals surface area (Å²) < 4.78 is 17.5. The number of carbonyl (C=O) groups is 1. The Bertz CT molecular complexity index is 986. The second kappa shape index (κ2) is 8.88. The van der Waals surface area contributed by atoms with Crippen molar-refractivity contribution in [3.05, 3.63) is 59.8 Å². The van der Waals surface area contributed by atoms with Gasteiger partial charge in [-0.15, -0.1) is 0 Å². The molecule has 140 valence electrons. The van der Waals surface area contributed by atoms with Gasteiger partial charge in [0.05, 0.1) is 17.7 Å². The number of nitrogens with zero attached hydrogens (tertiary/aromatic N) is 2. The molecule has 1 aromatic heterocycles. The number of rotatable bonds is 6. The number of hydrogen-bond donors (Lipinski definition) is 0. The van der Waals surface area contributed by atoms with Crippen LogP contribution in [0, 0.1) is 11.3 Å². The number of nitriles is 1. The highest BCUT2D eigenvalue weighted by Gasteiger charge is 2.16. The number of esters is 1. The minimum atomic E-state index is -0.458. The van der Waals surface area contributed by atoms with Gasteiger partial charge in [0.1, 0.15) is 17.4 Å². The number of benzene rings is 2. The van der Waals surface area contributed by atoms with Gasteiger partial charge in [-0.25, -0.2) is 4.79 Å². The predicted molar refractivity (Wildman–Crippen MR) is 103 cm³/mol. The number of carbonyl (C=O) groups excluding carboxylic acids is 1. The molecule has 0 aliphatic rings. The van der Waals surface area contributed by atoms with E-state index in [4.69, 9.17) is 14.2 Å². The minimum Gasteiger partial charge on any atom is -0.467 e. The summed E-state index contributed by atoms with van der Waals surface area (Å²) in [6, 6.07) is 15.0. The molecule has 0 radical (unpaired) electrons. The second-order valence-electron chi connectivity index (χ2n) is 5.49. The summed E-state index contributed by atoms with van der Waals surface area (Å²) >= 11 is 0. The Kier molecular flexibility index (Phi) is 6.58. The van der Waals surface area contributed by atoms with Gasteiger partial charge in [0, 0.05) is 30.4 Å². The van der Waals surface area contributed by atoms with Crippen molar-refractivity contribution in [1.82, 2.24) is 4.57 Å². The van der Waals surface area contributed by atoms with E-state index in [0.29, 0.717) is 16.9 Å². The molecular weight excluding hydrogens is 344 g/mol. The molecule has 0 bridgehead atoms.